The van der Waals surface area contributed by atoms with Crippen LogP contribution in [0.2, 0.25) is 0 Å². The first kappa shape index (κ1) is 16.4. The van der Waals surface area contributed by atoms with Gasteiger partial charge in [-0.05, 0) is 78.1 Å². The maximum absolute atomic E-state index is 12.7. The smallest absolute Gasteiger partial charge is 0.260 e. The van der Waals surface area contributed by atoms with Crippen LogP contribution in [0.5, 0.6) is 0 Å². The maximum atomic E-state index is 12.7. The molecule has 118 valence electrons. The first-order valence-corrected chi connectivity index (χ1v) is 8.58. The standard InChI is InChI=1S/C17H15IN2O2S/c1-17(22)11-19(15(21)12-5-3-2-4-6-12)16(23)20(17)14-9-7-13(18)8-10-14/h2-10,22H,11H2,1H3. The summed E-state index contributed by atoms with van der Waals surface area (Å²) in [4.78, 5) is 15.7. The minimum Gasteiger partial charge on any atom is -0.369 e. The van der Waals surface area contributed by atoms with Gasteiger partial charge in [0.15, 0.2) is 10.8 Å². The van der Waals surface area contributed by atoms with Crippen LogP contribution in [0.25, 0.3) is 0 Å². The fourth-order valence-electron chi connectivity index (χ4n) is 2.64. The van der Waals surface area contributed by atoms with Crippen LogP contribution >= 0.6 is 34.8 Å². The molecule has 0 bridgehead atoms. The van der Waals surface area contributed by atoms with Gasteiger partial charge in [0, 0.05) is 14.8 Å². The molecule has 1 heterocycles. The van der Waals surface area contributed by atoms with Gasteiger partial charge in [0.1, 0.15) is 0 Å². The molecule has 1 fully saturated rings. The van der Waals surface area contributed by atoms with E-state index in [9.17, 15) is 9.90 Å². The molecule has 1 aliphatic rings. The summed E-state index contributed by atoms with van der Waals surface area (Å²) in [6.45, 7) is 1.79. The predicted octanol–water partition coefficient (Wildman–Crippen LogP) is 3.25. The highest BCUT2D eigenvalue weighted by atomic mass is 127. The number of hydrogen-bond donors (Lipinski definition) is 1. The molecule has 2 aromatic rings. The van der Waals surface area contributed by atoms with E-state index in [2.05, 4.69) is 22.6 Å². The van der Waals surface area contributed by atoms with Crippen molar-refractivity contribution in [3.8, 4) is 0 Å². The largest absolute Gasteiger partial charge is 0.369 e. The van der Waals surface area contributed by atoms with Gasteiger partial charge in [0.25, 0.3) is 5.91 Å². The van der Waals surface area contributed by atoms with Crippen LogP contribution in [0.15, 0.2) is 54.6 Å². The number of nitrogens with zero attached hydrogens (tertiary/aromatic N) is 2. The number of carbonyl (C=O) groups excluding carboxylic acids is 1. The lowest BCUT2D eigenvalue weighted by atomic mass is 10.2. The highest BCUT2D eigenvalue weighted by Gasteiger charge is 2.46. The fraction of sp³-hybridized carbons (Fsp3) is 0.176. The summed E-state index contributed by atoms with van der Waals surface area (Å²) in [6, 6.07) is 16.6. The second kappa shape index (κ2) is 6.18. The second-order valence-electron chi connectivity index (χ2n) is 5.57. The van der Waals surface area contributed by atoms with Gasteiger partial charge in [0.2, 0.25) is 0 Å². The van der Waals surface area contributed by atoms with E-state index < -0.39 is 5.72 Å². The molecule has 1 unspecified atom stereocenters. The van der Waals surface area contributed by atoms with E-state index >= 15 is 0 Å². The van der Waals surface area contributed by atoms with Crippen LogP contribution in [-0.2, 0) is 0 Å². The molecule has 6 heteroatoms. The van der Waals surface area contributed by atoms with E-state index in [1.54, 1.807) is 36.1 Å². The van der Waals surface area contributed by atoms with Crippen molar-refractivity contribution < 1.29 is 9.90 Å². The zero-order chi connectivity index (χ0) is 16.6. The number of benzene rings is 2. The van der Waals surface area contributed by atoms with E-state index in [1.807, 2.05) is 30.3 Å². The van der Waals surface area contributed by atoms with Gasteiger partial charge in [-0.2, -0.15) is 0 Å². The lowest BCUT2D eigenvalue weighted by Crippen LogP contribution is -2.44. The Labute approximate surface area is 153 Å². The van der Waals surface area contributed by atoms with Gasteiger partial charge in [-0.3, -0.25) is 14.6 Å². The zero-order valence-electron chi connectivity index (χ0n) is 12.4. The normalized spacial score (nSPS) is 20.9. The molecule has 23 heavy (non-hydrogen) atoms. The highest BCUT2D eigenvalue weighted by Crippen LogP contribution is 2.32. The minimum atomic E-state index is -1.24. The summed E-state index contributed by atoms with van der Waals surface area (Å²) < 4.78 is 1.09. The Morgan fingerprint density at radius 1 is 1.17 bits per heavy atom. The quantitative estimate of drug-likeness (QED) is 0.578. The van der Waals surface area contributed by atoms with Crippen LogP contribution in [0.3, 0.4) is 0 Å². The summed E-state index contributed by atoms with van der Waals surface area (Å²) in [6.07, 6.45) is 0. The van der Waals surface area contributed by atoms with Crippen LogP contribution in [0.1, 0.15) is 17.3 Å². The van der Waals surface area contributed by atoms with Crippen molar-refractivity contribution in [2.24, 2.45) is 0 Å². The van der Waals surface area contributed by atoms with E-state index in [0.717, 1.165) is 9.26 Å². The molecule has 1 N–H and O–H groups in total. The molecule has 0 spiro atoms. The Bertz CT molecular complexity index is 747. The topological polar surface area (TPSA) is 43.8 Å². The molecule has 3 rings (SSSR count). The second-order valence-corrected chi connectivity index (χ2v) is 7.18. The Morgan fingerprint density at radius 3 is 2.39 bits per heavy atom. The molecule has 1 amide bonds. The summed E-state index contributed by atoms with van der Waals surface area (Å²) >= 11 is 7.69. The molecule has 1 saturated heterocycles. The van der Waals surface area contributed by atoms with E-state index in [-0.39, 0.29) is 12.5 Å². The minimum absolute atomic E-state index is 0.131. The SMILES string of the molecule is CC1(O)CN(C(=O)c2ccccc2)C(=S)N1c1ccc(I)cc1. The van der Waals surface area contributed by atoms with Crippen molar-refractivity contribution in [3.63, 3.8) is 0 Å². The number of anilines is 1. The number of amides is 1. The zero-order valence-corrected chi connectivity index (χ0v) is 15.4. The Morgan fingerprint density at radius 2 is 1.78 bits per heavy atom. The third-order valence-corrected chi connectivity index (χ3v) is 4.83. The summed E-state index contributed by atoms with van der Waals surface area (Å²) in [5, 5.41) is 11.1. The van der Waals surface area contributed by atoms with E-state index in [4.69, 9.17) is 12.2 Å². The molecule has 0 aliphatic carbocycles. The molecular formula is C17H15IN2O2S. The Balaban J connectivity index is 1.93. The Kier molecular flexibility index (Phi) is 4.39. The average molecular weight is 438 g/mol. The van der Waals surface area contributed by atoms with Gasteiger partial charge in [0.05, 0.1) is 6.54 Å². The third-order valence-electron chi connectivity index (χ3n) is 3.71. The first-order valence-electron chi connectivity index (χ1n) is 7.09. The molecule has 1 atom stereocenters. The van der Waals surface area contributed by atoms with Gasteiger partial charge >= 0.3 is 0 Å². The lowest BCUT2D eigenvalue weighted by molar-refractivity contribution is 0.0588. The van der Waals surface area contributed by atoms with Crippen molar-refractivity contribution in [1.82, 2.24) is 4.90 Å². The molecule has 4 nitrogen and oxygen atoms in total. The molecule has 0 saturated carbocycles. The third kappa shape index (κ3) is 3.11. The number of aliphatic hydroxyl groups is 1. The molecular weight excluding hydrogens is 423 g/mol. The van der Waals surface area contributed by atoms with Crippen molar-refractivity contribution in [1.29, 1.82) is 0 Å². The number of hydrogen-bond acceptors (Lipinski definition) is 3. The van der Waals surface area contributed by atoms with Crippen molar-refractivity contribution in [2.75, 3.05) is 11.4 Å². The van der Waals surface area contributed by atoms with Crippen LogP contribution in [-0.4, -0.2) is 33.3 Å². The van der Waals surface area contributed by atoms with Crippen LogP contribution in [0.4, 0.5) is 5.69 Å². The van der Waals surface area contributed by atoms with Crippen molar-refractivity contribution >= 4 is 51.5 Å². The lowest BCUT2D eigenvalue weighted by Gasteiger charge is -2.29. The predicted molar refractivity (Wildman–Crippen MR) is 102 cm³/mol. The number of thiocarbonyl (C=S) groups is 1. The Hall–Kier alpha value is -1.51. The maximum Gasteiger partial charge on any atom is 0.260 e. The van der Waals surface area contributed by atoms with Crippen LogP contribution in [0, 0.1) is 3.57 Å². The first-order chi connectivity index (χ1) is 10.9. The van der Waals surface area contributed by atoms with Crippen LogP contribution < -0.4 is 4.90 Å². The molecule has 0 aromatic heterocycles. The number of carbonyl (C=O) groups is 1. The molecule has 1 aliphatic heterocycles. The average Bonchev–Trinajstić information content (AvgIpc) is 2.78. The number of β-amino-alcohol motifs (C(OH)–C–C–N with tert-alkyl or cyclic N) is 1. The van der Waals surface area contributed by atoms with Crippen molar-refractivity contribution in [2.45, 2.75) is 12.6 Å². The summed E-state index contributed by atoms with van der Waals surface area (Å²) in [5.74, 6) is -0.205. The van der Waals surface area contributed by atoms with Crippen molar-refractivity contribution in [3.05, 3.63) is 63.7 Å². The summed E-state index contributed by atoms with van der Waals surface area (Å²) in [7, 11) is 0. The highest BCUT2D eigenvalue weighted by molar-refractivity contribution is 14.1. The van der Waals surface area contributed by atoms with Gasteiger partial charge in [-0.1, -0.05) is 18.2 Å². The number of rotatable bonds is 2. The van der Waals surface area contributed by atoms with Gasteiger partial charge in [-0.15, -0.1) is 0 Å². The molecule has 0 radical (unpaired) electrons. The van der Waals surface area contributed by atoms with E-state index in [1.165, 1.54) is 4.90 Å². The number of halogens is 1. The van der Waals surface area contributed by atoms with E-state index in [0.29, 0.717) is 10.7 Å². The molecule has 2 aromatic carbocycles. The summed E-state index contributed by atoms with van der Waals surface area (Å²) in [5.41, 5.74) is 0.0767. The monoisotopic (exact) mass is 438 g/mol. The fourth-order valence-corrected chi connectivity index (χ4v) is 3.45. The van der Waals surface area contributed by atoms with Gasteiger partial charge < -0.3 is 5.11 Å². The van der Waals surface area contributed by atoms with Gasteiger partial charge in [-0.25, -0.2) is 0 Å².